The van der Waals surface area contributed by atoms with Crippen LogP contribution in [0.2, 0.25) is 0 Å². The zero-order valence-electron chi connectivity index (χ0n) is 9.73. The molecular formula is C12H10F2N2O2S. The molecule has 0 saturated heterocycles. The van der Waals surface area contributed by atoms with Gasteiger partial charge < -0.3 is 10.2 Å². The van der Waals surface area contributed by atoms with E-state index >= 15 is 0 Å². The van der Waals surface area contributed by atoms with Crippen molar-refractivity contribution in [2.24, 2.45) is 5.73 Å². The Hall–Kier alpha value is -1.89. The molecule has 0 aliphatic heterocycles. The molecule has 1 heterocycles. The van der Waals surface area contributed by atoms with Crippen molar-refractivity contribution in [1.82, 2.24) is 4.98 Å². The highest BCUT2D eigenvalue weighted by Crippen LogP contribution is 2.24. The van der Waals surface area contributed by atoms with E-state index in [9.17, 15) is 13.6 Å². The van der Waals surface area contributed by atoms with Crippen molar-refractivity contribution >= 4 is 28.8 Å². The molecule has 1 aromatic heterocycles. The van der Waals surface area contributed by atoms with Crippen molar-refractivity contribution in [2.45, 2.75) is 11.6 Å². The highest BCUT2D eigenvalue weighted by atomic mass is 32.2. The molecule has 4 nitrogen and oxygen atoms in total. The summed E-state index contributed by atoms with van der Waals surface area (Å²) in [6.45, 7) is 0. The maximum absolute atomic E-state index is 11.8. The molecule has 19 heavy (non-hydrogen) atoms. The number of hydrogen-bond acceptors (Lipinski definition) is 4. The molecule has 0 aliphatic rings. The number of rotatable bonds is 5. The summed E-state index contributed by atoms with van der Waals surface area (Å²) in [5.74, 6) is -0.102. The van der Waals surface area contributed by atoms with E-state index in [1.54, 1.807) is 12.1 Å². The van der Waals surface area contributed by atoms with Crippen LogP contribution in [0.3, 0.4) is 0 Å². The van der Waals surface area contributed by atoms with Crippen molar-refractivity contribution in [3.63, 3.8) is 0 Å². The second-order valence-electron chi connectivity index (χ2n) is 3.66. The Morgan fingerprint density at radius 3 is 2.95 bits per heavy atom. The number of oxazole rings is 1. The molecule has 2 aromatic rings. The quantitative estimate of drug-likeness (QED) is 0.676. The molecule has 0 fully saturated rings. The first-order chi connectivity index (χ1) is 9.06. The minimum Gasteiger partial charge on any atom is -0.431 e. The standard InChI is InChI=1S/C12H10F2N2O2S/c13-10(14)2-1-5-19-12-16-8-6-7(11(15)17)3-4-9(8)18-12/h2-4,6H,1,5H2,(H2,15,17). The maximum atomic E-state index is 11.8. The van der Waals surface area contributed by atoms with Gasteiger partial charge in [-0.1, -0.05) is 11.8 Å². The van der Waals surface area contributed by atoms with Gasteiger partial charge in [0.05, 0.1) is 0 Å². The molecule has 0 aliphatic carbocycles. The maximum Gasteiger partial charge on any atom is 0.266 e. The van der Waals surface area contributed by atoms with Gasteiger partial charge in [0.25, 0.3) is 11.3 Å². The Balaban J connectivity index is 2.09. The highest BCUT2D eigenvalue weighted by Gasteiger charge is 2.08. The number of aromatic nitrogens is 1. The first kappa shape index (κ1) is 13.5. The third kappa shape index (κ3) is 3.54. The number of nitrogens with zero attached hydrogens (tertiary/aromatic N) is 1. The van der Waals surface area contributed by atoms with Crippen LogP contribution in [0.15, 0.2) is 40.0 Å². The smallest absolute Gasteiger partial charge is 0.266 e. The Morgan fingerprint density at radius 2 is 2.26 bits per heavy atom. The molecule has 1 amide bonds. The predicted octanol–water partition coefficient (Wildman–Crippen LogP) is 3.19. The molecule has 100 valence electrons. The van der Waals surface area contributed by atoms with E-state index in [0.717, 1.165) is 6.08 Å². The zero-order chi connectivity index (χ0) is 13.8. The third-order valence-corrected chi connectivity index (χ3v) is 3.16. The number of hydrogen-bond donors (Lipinski definition) is 1. The van der Waals surface area contributed by atoms with Crippen LogP contribution < -0.4 is 5.73 Å². The van der Waals surface area contributed by atoms with E-state index in [0.29, 0.717) is 27.6 Å². The lowest BCUT2D eigenvalue weighted by molar-refractivity contribution is 0.100. The lowest BCUT2D eigenvalue weighted by Crippen LogP contribution is -2.10. The summed E-state index contributed by atoms with van der Waals surface area (Å²) in [7, 11) is 0. The highest BCUT2D eigenvalue weighted by molar-refractivity contribution is 7.99. The van der Waals surface area contributed by atoms with Crippen LogP contribution in [0.4, 0.5) is 8.78 Å². The van der Waals surface area contributed by atoms with Gasteiger partial charge in [-0.25, -0.2) is 4.98 Å². The zero-order valence-corrected chi connectivity index (χ0v) is 10.5. The summed E-state index contributed by atoms with van der Waals surface area (Å²) < 4.78 is 29.0. The Labute approximate surface area is 111 Å². The van der Waals surface area contributed by atoms with E-state index < -0.39 is 12.0 Å². The fourth-order valence-corrected chi connectivity index (χ4v) is 2.16. The number of primary amides is 1. The van der Waals surface area contributed by atoms with E-state index in [1.807, 2.05) is 0 Å². The van der Waals surface area contributed by atoms with Crippen molar-refractivity contribution in [3.8, 4) is 0 Å². The van der Waals surface area contributed by atoms with Gasteiger partial charge in [0.15, 0.2) is 5.58 Å². The van der Waals surface area contributed by atoms with Crippen molar-refractivity contribution in [2.75, 3.05) is 5.75 Å². The van der Waals surface area contributed by atoms with Crippen LogP contribution in [0.25, 0.3) is 11.1 Å². The minimum absolute atomic E-state index is 0.234. The van der Waals surface area contributed by atoms with Crippen molar-refractivity contribution < 1.29 is 18.0 Å². The summed E-state index contributed by atoms with van der Waals surface area (Å²) in [5, 5.41) is 0.379. The van der Waals surface area contributed by atoms with Crippen LogP contribution in [0.5, 0.6) is 0 Å². The normalized spacial score (nSPS) is 10.6. The molecule has 0 radical (unpaired) electrons. The van der Waals surface area contributed by atoms with E-state index in [4.69, 9.17) is 10.2 Å². The second kappa shape index (κ2) is 5.83. The van der Waals surface area contributed by atoms with Gasteiger partial charge in [0.1, 0.15) is 5.52 Å². The van der Waals surface area contributed by atoms with Crippen molar-refractivity contribution in [1.29, 1.82) is 0 Å². The summed E-state index contributed by atoms with van der Waals surface area (Å²) >= 11 is 1.23. The molecule has 0 spiro atoms. The Morgan fingerprint density at radius 1 is 1.47 bits per heavy atom. The summed E-state index contributed by atoms with van der Waals surface area (Å²) in [6.07, 6.45) is -0.608. The van der Waals surface area contributed by atoms with Crippen LogP contribution in [-0.2, 0) is 0 Å². The number of amides is 1. The third-order valence-electron chi connectivity index (χ3n) is 2.29. The minimum atomic E-state index is -1.69. The molecule has 7 heteroatoms. The number of thioether (sulfide) groups is 1. The topological polar surface area (TPSA) is 69.1 Å². The number of halogens is 2. The molecule has 2 N–H and O–H groups in total. The van der Waals surface area contributed by atoms with Crippen LogP contribution >= 0.6 is 11.8 Å². The lowest BCUT2D eigenvalue weighted by atomic mass is 10.2. The number of benzene rings is 1. The molecule has 0 saturated carbocycles. The monoisotopic (exact) mass is 284 g/mol. The van der Waals surface area contributed by atoms with E-state index in [-0.39, 0.29) is 6.42 Å². The summed E-state index contributed by atoms with van der Waals surface area (Å²) in [6, 6.07) is 4.69. The van der Waals surface area contributed by atoms with Crippen LogP contribution in [-0.4, -0.2) is 16.6 Å². The van der Waals surface area contributed by atoms with Crippen LogP contribution in [0, 0.1) is 0 Å². The summed E-state index contributed by atoms with van der Waals surface area (Å²) in [5.41, 5.74) is 6.55. The number of carbonyl (C=O) groups excluding carboxylic acids is 1. The SMILES string of the molecule is NC(=O)c1ccc2oc(SCCC=C(F)F)nc2c1. The molecule has 2 rings (SSSR count). The van der Waals surface area contributed by atoms with Gasteiger partial charge >= 0.3 is 0 Å². The molecule has 1 aromatic carbocycles. The fourth-order valence-electron chi connectivity index (χ4n) is 1.44. The first-order valence-electron chi connectivity index (χ1n) is 5.40. The number of nitrogens with two attached hydrogens (primary N) is 1. The predicted molar refractivity (Wildman–Crippen MR) is 68.2 cm³/mol. The average Bonchev–Trinajstić information content (AvgIpc) is 2.75. The fraction of sp³-hybridized carbons (Fsp3) is 0.167. The van der Waals surface area contributed by atoms with E-state index in [2.05, 4.69) is 4.98 Å². The number of carbonyl (C=O) groups is 1. The summed E-state index contributed by atoms with van der Waals surface area (Å²) in [4.78, 5) is 15.2. The van der Waals surface area contributed by atoms with Crippen molar-refractivity contribution in [3.05, 3.63) is 35.9 Å². The van der Waals surface area contributed by atoms with Gasteiger partial charge in [-0.15, -0.1) is 0 Å². The average molecular weight is 284 g/mol. The molecular weight excluding hydrogens is 274 g/mol. The molecule has 0 bridgehead atoms. The van der Waals surface area contributed by atoms with Gasteiger partial charge in [0.2, 0.25) is 5.91 Å². The second-order valence-corrected chi connectivity index (χ2v) is 4.70. The van der Waals surface area contributed by atoms with Gasteiger partial charge in [-0.05, 0) is 30.7 Å². The van der Waals surface area contributed by atoms with Crippen LogP contribution in [0.1, 0.15) is 16.8 Å². The first-order valence-corrected chi connectivity index (χ1v) is 6.39. The molecule has 0 atom stereocenters. The van der Waals surface area contributed by atoms with E-state index in [1.165, 1.54) is 17.8 Å². The number of fused-ring (bicyclic) bond motifs is 1. The Kier molecular flexibility index (Phi) is 4.16. The molecule has 0 unspecified atom stereocenters. The number of allylic oxidation sites excluding steroid dienone is 1. The largest absolute Gasteiger partial charge is 0.431 e. The van der Waals surface area contributed by atoms with Gasteiger partial charge in [0, 0.05) is 11.3 Å². The lowest BCUT2D eigenvalue weighted by Gasteiger charge is -1.92. The van der Waals surface area contributed by atoms with Gasteiger partial charge in [-0.3, -0.25) is 4.79 Å². The Bertz CT molecular complexity index is 636. The van der Waals surface area contributed by atoms with Gasteiger partial charge in [-0.2, -0.15) is 8.78 Å².